The van der Waals surface area contributed by atoms with Gasteiger partial charge in [-0.25, -0.2) is 0 Å². The SMILES string of the molecule is C=CC(C)=C(C)CN(C)Cc1cc(OC)c(OC)c(OC)c1. The summed E-state index contributed by atoms with van der Waals surface area (Å²) in [7, 11) is 6.96. The Bertz CT molecular complexity index is 524. The van der Waals surface area contributed by atoms with E-state index in [4.69, 9.17) is 14.2 Å². The van der Waals surface area contributed by atoms with Crippen LogP contribution in [0.3, 0.4) is 0 Å². The zero-order valence-corrected chi connectivity index (χ0v) is 14.5. The molecule has 1 rings (SSSR count). The molecule has 0 aliphatic carbocycles. The molecule has 4 nitrogen and oxygen atoms in total. The van der Waals surface area contributed by atoms with Crippen LogP contribution in [0.15, 0.2) is 35.9 Å². The van der Waals surface area contributed by atoms with E-state index in [0.29, 0.717) is 17.2 Å². The quantitative estimate of drug-likeness (QED) is 0.686. The molecule has 0 bridgehead atoms. The van der Waals surface area contributed by atoms with Crippen molar-refractivity contribution in [1.29, 1.82) is 0 Å². The maximum absolute atomic E-state index is 5.39. The van der Waals surface area contributed by atoms with Crippen molar-refractivity contribution in [3.05, 3.63) is 41.5 Å². The lowest BCUT2D eigenvalue weighted by atomic mass is 10.1. The van der Waals surface area contributed by atoms with Crippen LogP contribution in [0, 0.1) is 0 Å². The fraction of sp³-hybridized carbons (Fsp3) is 0.444. The van der Waals surface area contributed by atoms with Crippen LogP contribution in [-0.4, -0.2) is 39.8 Å². The Morgan fingerprint density at radius 3 is 2.05 bits per heavy atom. The third kappa shape index (κ3) is 4.53. The highest BCUT2D eigenvalue weighted by Crippen LogP contribution is 2.38. The molecule has 0 saturated carbocycles. The lowest BCUT2D eigenvalue weighted by Gasteiger charge is -2.20. The third-order valence-corrected chi connectivity index (χ3v) is 3.66. The van der Waals surface area contributed by atoms with E-state index in [1.165, 1.54) is 11.1 Å². The first-order valence-corrected chi connectivity index (χ1v) is 7.23. The normalized spacial score (nSPS) is 12.0. The Balaban J connectivity index is 2.96. The average molecular weight is 305 g/mol. The van der Waals surface area contributed by atoms with Gasteiger partial charge in [0.1, 0.15) is 0 Å². The number of allylic oxidation sites excluding steroid dienone is 2. The molecule has 22 heavy (non-hydrogen) atoms. The lowest BCUT2D eigenvalue weighted by molar-refractivity contribution is 0.319. The largest absolute Gasteiger partial charge is 0.493 e. The van der Waals surface area contributed by atoms with Gasteiger partial charge in [-0.15, -0.1) is 0 Å². The molecule has 0 aromatic heterocycles. The summed E-state index contributed by atoms with van der Waals surface area (Å²) in [4.78, 5) is 2.24. The van der Waals surface area contributed by atoms with Crippen molar-refractivity contribution in [1.82, 2.24) is 4.90 Å². The number of likely N-dealkylation sites (N-methyl/N-ethyl adjacent to an activating group) is 1. The number of rotatable bonds is 8. The maximum atomic E-state index is 5.39. The molecule has 0 N–H and O–H groups in total. The van der Waals surface area contributed by atoms with Gasteiger partial charge in [0.25, 0.3) is 0 Å². The molecule has 0 saturated heterocycles. The Kier molecular flexibility index (Phi) is 6.99. The Morgan fingerprint density at radius 2 is 1.64 bits per heavy atom. The number of hydrogen-bond acceptors (Lipinski definition) is 4. The highest BCUT2D eigenvalue weighted by atomic mass is 16.5. The topological polar surface area (TPSA) is 30.9 Å². The number of nitrogens with zero attached hydrogens (tertiary/aromatic N) is 1. The van der Waals surface area contributed by atoms with E-state index in [9.17, 15) is 0 Å². The van der Waals surface area contributed by atoms with Gasteiger partial charge in [-0.3, -0.25) is 4.90 Å². The minimum Gasteiger partial charge on any atom is -0.493 e. The summed E-state index contributed by atoms with van der Waals surface area (Å²) in [6, 6.07) is 3.97. The van der Waals surface area contributed by atoms with Gasteiger partial charge in [0.15, 0.2) is 11.5 Å². The molecular weight excluding hydrogens is 278 g/mol. The molecule has 1 aromatic carbocycles. The molecule has 0 atom stereocenters. The van der Waals surface area contributed by atoms with Gasteiger partial charge in [0.2, 0.25) is 5.75 Å². The van der Waals surface area contributed by atoms with Crippen LogP contribution in [0.2, 0.25) is 0 Å². The number of methoxy groups -OCH3 is 3. The fourth-order valence-corrected chi connectivity index (χ4v) is 2.30. The van der Waals surface area contributed by atoms with Crippen molar-refractivity contribution in [2.75, 3.05) is 34.9 Å². The first kappa shape index (κ1) is 18.1. The fourth-order valence-electron chi connectivity index (χ4n) is 2.30. The summed E-state index contributed by atoms with van der Waals surface area (Å²) in [6.07, 6.45) is 1.89. The number of benzene rings is 1. The standard InChI is InChI=1S/C18H27NO3/c1-8-13(2)14(3)11-19(4)12-15-9-16(20-5)18(22-7)17(10-15)21-6/h8-10H,1,11-12H2,2-7H3. The van der Waals surface area contributed by atoms with Crippen LogP contribution in [-0.2, 0) is 6.54 Å². The predicted molar refractivity (Wildman–Crippen MR) is 91.0 cm³/mol. The summed E-state index contributed by atoms with van der Waals surface area (Å²) in [5, 5.41) is 0. The molecule has 122 valence electrons. The molecule has 1 aromatic rings. The molecule has 0 amide bonds. The van der Waals surface area contributed by atoms with Crippen molar-refractivity contribution >= 4 is 0 Å². The molecule has 0 fully saturated rings. The van der Waals surface area contributed by atoms with Gasteiger partial charge >= 0.3 is 0 Å². The molecule has 0 aliphatic rings. The Labute approximate surface area is 134 Å². The van der Waals surface area contributed by atoms with Crippen LogP contribution >= 0.6 is 0 Å². The molecule has 0 heterocycles. The van der Waals surface area contributed by atoms with Crippen LogP contribution in [0.5, 0.6) is 17.2 Å². The first-order valence-electron chi connectivity index (χ1n) is 7.23. The lowest BCUT2D eigenvalue weighted by Crippen LogP contribution is -2.20. The second kappa shape index (κ2) is 8.49. The van der Waals surface area contributed by atoms with Crippen molar-refractivity contribution < 1.29 is 14.2 Å². The van der Waals surface area contributed by atoms with Gasteiger partial charge in [-0.1, -0.05) is 23.8 Å². The average Bonchev–Trinajstić information content (AvgIpc) is 2.52. The first-order chi connectivity index (χ1) is 10.5. The summed E-state index contributed by atoms with van der Waals surface area (Å²) in [5.74, 6) is 1.98. The zero-order chi connectivity index (χ0) is 16.7. The molecule has 0 spiro atoms. The molecule has 0 radical (unpaired) electrons. The Hall–Kier alpha value is -1.94. The minimum atomic E-state index is 0.620. The Morgan fingerprint density at radius 1 is 1.09 bits per heavy atom. The number of ether oxygens (including phenoxy) is 3. The third-order valence-electron chi connectivity index (χ3n) is 3.66. The highest BCUT2D eigenvalue weighted by molar-refractivity contribution is 5.53. The molecule has 0 aliphatic heterocycles. The van der Waals surface area contributed by atoms with Gasteiger partial charge in [0, 0.05) is 13.1 Å². The molecular formula is C18H27NO3. The van der Waals surface area contributed by atoms with E-state index in [2.05, 4.69) is 32.4 Å². The maximum Gasteiger partial charge on any atom is 0.203 e. The second-order valence-corrected chi connectivity index (χ2v) is 5.37. The smallest absolute Gasteiger partial charge is 0.203 e. The van der Waals surface area contributed by atoms with E-state index in [0.717, 1.165) is 18.7 Å². The predicted octanol–water partition coefficient (Wildman–Crippen LogP) is 3.67. The van der Waals surface area contributed by atoms with Crippen LogP contribution in [0.4, 0.5) is 0 Å². The van der Waals surface area contributed by atoms with Crippen LogP contribution in [0.1, 0.15) is 19.4 Å². The molecule has 4 heteroatoms. The van der Waals surface area contributed by atoms with Gasteiger partial charge < -0.3 is 14.2 Å². The molecule has 0 unspecified atom stereocenters. The van der Waals surface area contributed by atoms with E-state index in [-0.39, 0.29) is 0 Å². The van der Waals surface area contributed by atoms with Gasteiger partial charge in [-0.2, -0.15) is 0 Å². The summed E-state index contributed by atoms with van der Waals surface area (Å²) in [6.45, 7) is 9.69. The summed E-state index contributed by atoms with van der Waals surface area (Å²) >= 11 is 0. The summed E-state index contributed by atoms with van der Waals surface area (Å²) < 4.78 is 16.1. The van der Waals surface area contributed by atoms with Crippen LogP contribution < -0.4 is 14.2 Å². The van der Waals surface area contributed by atoms with Crippen molar-refractivity contribution in [3.8, 4) is 17.2 Å². The van der Waals surface area contributed by atoms with Crippen LogP contribution in [0.25, 0.3) is 0 Å². The van der Waals surface area contributed by atoms with Gasteiger partial charge in [-0.05, 0) is 38.6 Å². The monoisotopic (exact) mass is 305 g/mol. The second-order valence-electron chi connectivity index (χ2n) is 5.37. The van der Waals surface area contributed by atoms with E-state index >= 15 is 0 Å². The number of hydrogen-bond donors (Lipinski definition) is 0. The van der Waals surface area contributed by atoms with Gasteiger partial charge in [0.05, 0.1) is 21.3 Å². The van der Waals surface area contributed by atoms with E-state index < -0.39 is 0 Å². The summed E-state index contributed by atoms with van der Waals surface area (Å²) in [5.41, 5.74) is 3.64. The van der Waals surface area contributed by atoms with Crippen molar-refractivity contribution in [2.24, 2.45) is 0 Å². The zero-order valence-electron chi connectivity index (χ0n) is 14.5. The minimum absolute atomic E-state index is 0.620. The van der Waals surface area contributed by atoms with Crippen molar-refractivity contribution in [3.63, 3.8) is 0 Å². The van der Waals surface area contributed by atoms with E-state index in [1.54, 1.807) is 21.3 Å². The highest BCUT2D eigenvalue weighted by Gasteiger charge is 2.14. The van der Waals surface area contributed by atoms with E-state index in [1.807, 2.05) is 18.2 Å². The van der Waals surface area contributed by atoms with Crippen molar-refractivity contribution in [2.45, 2.75) is 20.4 Å².